The lowest BCUT2D eigenvalue weighted by Gasteiger charge is -2.40. The molecule has 0 spiro atoms. The third kappa shape index (κ3) is 20.7. The van der Waals surface area contributed by atoms with Crippen molar-refractivity contribution >= 4 is 5.91 Å². The van der Waals surface area contributed by atoms with E-state index in [2.05, 4.69) is 12.2 Å². The van der Waals surface area contributed by atoms with Gasteiger partial charge in [0.1, 0.15) is 36.6 Å². The lowest BCUT2D eigenvalue weighted by atomic mass is 9.98. The van der Waals surface area contributed by atoms with Gasteiger partial charge in [-0.05, 0) is 12.8 Å². The van der Waals surface area contributed by atoms with Crippen molar-refractivity contribution in [3.63, 3.8) is 0 Å². The average Bonchev–Trinajstić information content (AvgIpc) is 3.10. The molecule has 1 heterocycles. The van der Waals surface area contributed by atoms with Crippen LogP contribution in [0, 0.1) is 0 Å². The topological polar surface area (TPSA) is 189 Å². The minimum Gasteiger partial charge on any atom is -0.394 e. The molecule has 1 aliphatic rings. The Kier molecular flexibility index (Phi) is 27.9. The second-order valence-electron chi connectivity index (χ2n) is 14.4. The van der Waals surface area contributed by atoms with E-state index in [4.69, 9.17) is 9.47 Å². The summed E-state index contributed by atoms with van der Waals surface area (Å²) in [7, 11) is 0. The number of aliphatic hydroxyl groups is 7. The summed E-state index contributed by atoms with van der Waals surface area (Å²) >= 11 is 0. The molecule has 11 heteroatoms. The fourth-order valence-corrected chi connectivity index (χ4v) is 6.50. The number of rotatable bonds is 32. The van der Waals surface area contributed by atoms with E-state index >= 15 is 0 Å². The molecular formula is C38H75NO10. The molecule has 1 amide bonds. The van der Waals surface area contributed by atoms with Crippen molar-refractivity contribution in [2.75, 3.05) is 13.2 Å². The maximum Gasteiger partial charge on any atom is 0.249 e. The van der Waals surface area contributed by atoms with Crippen LogP contribution in [0.25, 0.3) is 0 Å². The molecule has 0 saturated carbocycles. The molecule has 0 radical (unpaired) electrons. The molecule has 1 fully saturated rings. The van der Waals surface area contributed by atoms with Crippen molar-refractivity contribution in [3.05, 3.63) is 0 Å². The summed E-state index contributed by atoms with van der Waals surface area (Å²) < 4.78 is 10.9. The number of carbonyl (C=O) groups is 1. The summed E-state index contributed by atoms with van der Waals surface area (Å²) in [6.07, 6.45) is 15.6. The Bertz CT molecular complexity index is 775. The molecule has 11 nitrogen and oxygen atoms in total. The number of ether oxygens (including phenoxy) is 2. The molecule has 1 rings (SSSR count). The van der Waals surface area contributed by atoms with Crippen molar-refractivity contribution in [1.82, 2.24) is 5.32 Å². The van der Waals surface area contributed by atoms with Crippen LogP contribution in [-0.4, -0.2) is 110 Å². The fraction of sp³-hybridized carbons (Fsp3) is 0.974. The lowest BCUT2D eigenvalue weighted by Crippen LogP contribution is -2.60. The SMILES string of the molecule is CCCCCCCCCCCCCCCCCCCCCC(O)C(=O)NC(COC1OC(CO)C(O)C(O)C1O)C(O)C(O)CCCCC. The average molecular weight is 706 g/mol. The predicted molar refractivity (Wildman–Crippen MR) is 192 cm³/mol. The Morgan fingerprint density at radius 1 is 0.633 bits per heavy atom. The Hall–Kier alpha value is -0.890. The number of unbranched alkanes of at least 4 members (excludes halogenated alkanes) is 20. The summed E-state index contributed by atoms with van der Waals surface area (Å²) in [6.45, 7) is 3.23. The van der Waals surface area contributed by atoms with Crippen LogP contribution in [0.1, 0.15) is 168 Å². The van der Waals surface area contributed by atoms with E-state index in [-0.39, 0.29) is 6.42 Å². The summed E-state index contributed by atoms with van der Waals surface area (Å²) in [4.78, 5) is 12.9. The van der Waals surface area contributed by atoms with E-state index in [1.54, 1.807) is 0 Å². The van der Waals surface area contributed by atoms with Crippen LogP contribution in [-0.2, 0) is 14.3 Å². The van der Waals surface area contributed by atoms with Gasteiger partial charge in [-0.3, -0.25) is 4.79 Å². The van der Waals surface area contributed by atoms with E-state index in [0.717, 1.165) is 32.1 Å². The van der Waals surface area contributed by atoms with Crippen molar-refractivity contribution in [2.45, 2.75) is 223 Å². The second kappa shape index (κ2) is 29.7. The van der Waals surface area contributed by atoms with Crippen LogP contribution in [0.3, 0.4) is 0 Å². The fourth-order valence-electron chi connectivity index (χ4n) is 6.50. The number of nitrogens with one attached hydrogen (secondary N) is 1. The van der Waals surface area contributed by atoms with E-state index in [1.807, 2.05) is 6.92 Å². The predicted octanol–water partition coefficient (Wildman–Crippen LogP) is 4.77. The van der Waals surface area contributed by atoms with Crippen LogP contribution in [0.4, 0.5) is 0 Å². The van der Waals surface area contributed by atoms with Gasteiger partial charge >= 0.3 is 0 Å². The molecule has 0 aromatic carbocycles. The molecule has 1 aliphatic heterocycles. The van der Waals surface area contributed by atoms with E-state index in [9.17, 15) is 40.5 Å². The zero-order valence-electron chi connectivity index (χ0n) is 30.9. The first-order valence-electron chi connectivity index (χ1n) is 19.9. The van der Waals surface area contributed by atoms with E-state index in [1.165, 1.54) is 96.3 Å². The van der Waals surface area contributed by atoms with Gasteiger partial charge in [0, 0.05) is 0 Å². The number of hydrogen-bond acceptors (Lipinski definition) is 10. The molecule has 8 N–H and O–H groups in total. The molecule has 9 unspecified atom stereocenters. The second-order valence-corrected chi connectivity index (χ2v) is 14.4. The molecule has 292 valence electrons. The highest BCUT2D eigenvalue weighted by Crippen LogP contribution is 2.23. The number of amides is 1. The van der Waals surface area contributed by atoms with Crippen LogP contribution < -0.4 is 5.32 Å². The Labute approximate surface area is 297 Å². The zero-order valence-corrected chi connectivity index (χ0v) is 30.9. The van der Waals surface area contributed by atoms with Gasteiger partial charge in [-0.25, -0.2) is 0 Å². The first-order chi connectivity index (χ1) is 23.7. The molecular weight excluding hydrogens is 630 g/mol. The Morgan fingerprint density at radius 2 is 1.06 bits per heavy atom. The van der Waals surface area contributed by atoms with E-state index in [0.29, 0.717) is 19.3 Å². The highest BCUT2D eigenvalue weighted by atomic mass is 16.7. The van der Waals surface area contributed by atoms with Crippen LogP contribution in [0.15, 0.2) is 0 Å². The minimum absolute atomic E-state index is 0.264. The highest BCUT2D eigenvalue weighted by molar-refractivity contribution is 5.80. The standard InChI is InChI=1S/C38H75NO10/c1-3-5-7-8-9-10-11-12-13-14-15-16-17-18-19-20-21-22-24-26-31(42)37(47)39-29(33(43)30(41)25-23-6-4-2)28-48-38-36(46)35(45)34(44)32(27-40)49-38/h29-36,38,40-46H,3-28H2,1-2H3,(H,39,47). The van der Waals surface area contributed by atoms with Crippen molar-refractivity contribution in [1.29, 1.82) is 0 Å². The normalized spacial score (nSPS) is 23.7. The quantitative estimate of drug-likeness (QED) is 0.0453. The zero-order chi connectivity index (χ0) is 36.3. The highest BCUT2D eigenvalue weighted by Gasteiger charge is 2.44. The van der Waals surface area contributed by atoms with Crippen LogP contribution >= 0.6 is 0 Å². The summed E-state index contributed by atoms with van der Waals surface area (Å²) in [5.74, 6) is -0.704. The van der Waals surface area contributed by atoms with Gasteiger partial charge < -0.3 is 50.5 Å². The summed E-state index contributed by atoms with van der Waals surface area (Å²) in [6, 6.07) is -1.16. The molecule has 0 aromatic heterocycles. The molecule has 0 aromatic rings. The smallest absolute Gasteiger partial charge is 0.249 e. The van der Waals surface area contributed by atoms with Crippen LogP contribution in [0.5, 0.6) is 0 Å². The maximum atomic E-state index is 12.9. The summed E-state index contributed by atoms with van der Waals surface area (Å²) in [5, 5.41) is 74.4. The molecule has 0 aliphatic carbocycles. The van der Waals surface area contributed by atoms with Gasteiger partial charge in [0.05, 0.1) is 25.4 Å². The van der Waals surface area contributed by atoms with Gasteiger partial charge in [-0.15, -0.1) is 0 Å². The molecule has 49 heavy (non-hydrogen) atoms. The monoisotopic (exact) mass is 706 g/mol. The van der Waals surface area contributed by atoms with E-state index < -0.39 is 74.2 Å². The molecule has 9 atom stereocenters. The van der Waals surface area contributed by atoms with Crippen molar-refractivity contribution in [3.8, 4) is 0 Å². The lowest BCUT2D eigenvalue weighted by molar-refractivity contribution is -0.303. The first kappa shape index (κ1) is 46.1. The minimum atomic E-state index is -1.65. The van der Waals surface area contributed by atoms with Gasteiger partial charge in [0.25, 0.3) is 0 Å². The summed E-state index contributed by atoms with van der Waals surface area (Å²) in [5.41, 5.74) is 0. The van der Waals surface area contributed by atoms with Gasteiger partial charge in [0.2, 0.25) is 5.91 Å². The Morgan fingerprint density at radius 3 is 1.53 bits per heavy atom. The largest absolute Gasteiger partial charge is 0.394 e. The van der Waals surface area contributed by atoms with Crippen molar-refractivity contribution in [2.24, 2.45) is 0 Å². The number of aliphatic hydroxyl groups excluding tert-OH is 7. The first-order valence-corrected chi connectivity index (χ1v) is 19.9. The third-order valence-electron chi connectivity index (χ3n) is 9.91. The molecule has 0 bridgehead atoms. The third-order valence-corrected chi connectivity index (χ3v) is 9.91. The van der Waals surface area contributed by atoms with Gasteiger partial charge in [-0.2, -0.15) is 0 Å². The Balaban J connectivity index is 2.30. The number of carbonyl (C=O) groups excluding carboxylic acids is 1. The van der Waals surface area contributed by atoms with Crippen molar-refractivity contribution < 1.29 is 50.0 Å². The number of hydrogen-bond donors (Lipinski definition) is 8. The molecule has 1 saturated heterocycles. The van der Waals surface area contributed by atoms with Gasteiger partial charge in [-0.1, -0.05) is 155 Å². The van der Waals surface area contributed by atoms with Gasteiger partial charge in [0.15, 0.2) is 6.29 Å². The van der Waals surface area contributed by atoms with Crippen LogP contribution in [0.2, 0.25) is 0 Å². The maximum absolute atomic E-state index is 12.9.